The molecule has 2 aliphatic heterocycles. The summed E-state index contributed by atoms with van der Waals surface area (Å²) in [5.41, 5.74) is 2.34. The Morgan fingerprint density at radius 2 is 1.52 bits per heavy atom. The van der Waals surface area contributed by atoms with Gasteiger partial charge in [-0.15, -0.1) is 0 Å². The summed E-state index contributed by atoms with van der Waals surface area (Å²) in [6.07, 6.45) is 12.4. The van der Waals surface area contributed by atoms with Gasteiger partial charge in [0.05, 0.1) is 26.4 Å². The second-order valence-electron chi connectivity index (χ2n) is 11.4. The van der Waals surface area contributed by atoms with E-state index in [0.717, 1.165) is 57.0 Å². The van der Waals surface area contributed by atoms with Gasteiger partial charge in [0.25, 0.3) is 0 Å². The van der Waals surface area contributed by atoms with Gasteiger partial charge < -0.3 is 18.9 Å². The molecule has 3 saturated carbocycles. The molecule has 0 aromatic rings. The van der Waals surface area contributed by atoms with Crippen molar-refractivity contribution in [3.05, 3.63) is 11.6 Å². The molecule has 4 heteroatoms. The summed E-state index contributed by atoms with van der Waals surface area (Å²) in [6, 6.07) is 0. The Labute approximate surface area is 175 Å². The van der Waals surface area contributed by atoms with E-state index < -0.39 is 0 Å². The molecule has 0 aromatic carbocycles. The summed E-state index contributed by atoms with van der Waals surface area (Å²) in [7, 11) is 0. The topological polar surface area (TPSA) is 36.9 Å². The molecule has 0 amide bonds. The molecule has 6 aliphatic rings. The summed E-state index contributed by atoms with van der Waals surface area (Å²) in [4.78, 5) is 0. The monoisotopic (exact) mass is 402 g/mol. The van der Waals surface area contributed by atoms with Crippen molar-refractivity contribution in [1.29, 1.82) is 0 Å². The first-order valence-electron chi connectivity index (χ1n) is 12.1. The van der Waals surface area contributed by atoms with Crippen LogP contribution in [-0.2, 0) is 18.9 Å². The van der Waals surface area contributed by atoms with E-state index in [2.05, 4.69) is 26.8 Å². The zero-order chi connectivity index (χ0) is 19.9. The number of rotatable bonds is 1. The van der Waals surface area contributed by atoms with Crippen LogP contribution in [0.2, 0.25) is 0 Å². The molecule has 4 aliphatic carbocycles. The van der Waals surface area contributed by atoms with Gasteiger partial charge in [-0.05, 0) is 74.0 Å². The van der Waals surface area contributed by atoms with E-state index in [1.165, 1.54) is 38.5 Å². The van der Waals surface area contributed by atoms with Crippen molar-refractivity contribution in [1.82, 2.24) is 0 Å². The standard InChI is InChI=1S/C25H38O4/c1-22-10-11-25(28-14-15-29-25)16-17(22)4-5-18-19-6-7-21(24(3)26-12-13-27-24)23(19,2)9-8-20(18)22/h4,18-21H,5-16H2,1-3H3/t18?,19-,20-,21?,22?,23?/m0/s1. The molecule has 1 spiro atoms. The van der Waals surface area contributed by atoms with Gasteiger partial charge in [-0.25, -0.2) is 0 Å². The van der Waals surface area contributed by atoms with Crippen LogP contribution in [0.15, 0.2) is 11.6 Å². The molecular weight excluding hydrogens is 364 g/mol. The predicted octanol–water partition coefficient (Wildman–Crippen LogP) is 5.07. The van der Waals surface area contributed by atoms with E-state index in [4.69, 9.17) is 18.9 Å². The fourth-order valence-corrected chi connectivity index (χ4v) is 8.94. The lowest BCUT2D eigenvalue weighted by Crippen LogP contribution is -2.54. The van der Waals surface area contributed by atoms with Gasteiger partial charge in [-0.2, -0.15) is 0 Å². The molecule has 0 N–H and O–H groups in total. The Morgan fingerprint density at radius 1 is 0.793 bits per heavy atom. The second kappa shape index (κ2) is 6.31. The Balaban J connectivity index is 1.28. The molecule has 6 rings (SSSR count). The minimum atomic E-state index is -0.357. The first kappa shape index (κ1) is 19.3. The van der Waals surface area contributed by atoms with Crippen molar-refractivity contribution < 1.29 is 18.9 Å². The third-order valence-electron chi connectivity index (χ3n) is 10.4. The lowest BCUT2D eigenvalue weighted by molar-refractivity contribution is -0.216. The van der Waals surface area contributed by atoms with Crippen molar-refractivity contribution in [2.24, 2.45) is 34.5 Å². The normalized spacial score (nSPS) is 50.1. The molecule has 0 bridgehead atoms. The molecule has 0 radical (unpaired) electrons. The zero-order valence-corrected chi connectivity index (χ0v) is 18.5. The number of allylic oxidation sites excluding steroid dienone is 1. The maximum absolute atomic E-state index is 6.17. The van der Waals surface area contributed by atoms with Crippen LogP contribution in [0.4, 0.5) is 0 Å². The van der Waals surface area contributed by atoms with Crippen LogP contribution in [0.5, 0.6) is 0 Å². The van der Waals surface area contributed by atoms with E-state index in [0.29, 0.717) is 16.7 Å². The summed E-state index contributed by atoms with van der Waals surface area (Å²) in [6.45, 7) is 10.4. The average Bonchev–Trinajstić information content (AvgIpc) is 3.42. The predicted molar refractivity (Wildman–Crippen MR) is 110 cm³/mol. The molecule has 0 aromatic heterocycles. The van der Waals surface area contributed by atoms with Crippen molar-refractivity contribution in [3.8, 4) is 0 Å². The fraction of sp³-hybridized carbons (Fsp3) is 0.920. The van der Waals surface area contributed by atoms with Crippen LogP contribution in [0.3, 0.4) is 0 Å². The lowest BCUT2D eigenvalue weighted by atomic mass is 9.47. The molecule has 2 saturated heterocycles. The highest BCUT2D eigenvalue weighted by Gasteiger charge is 2.63. The van der Waals surface area contributed by atoms with Gasteiger partial charge in [0.2, 0.25) is 0 Å². The van der Waals surface area contributed by atoms with E-state index >= 15 is 0 Å². The Kier molecular flexibility index (Phi) is 4.19. The van der Waals surface area contributed by atoms with Crippen molar-refractivity contribution >= 4 is 0 Å². The smallest absolute Gasteiger partial charge is 0.172 e. The molecule has 4 nitrogen and oxygen atoms in total. The van der Waals surface area contributed by atoms with E-state index in [1.54, 1.807) is 5.57 Å². The number of hydrogen-bond acceptors (Lipinski definition) is 4. The molecular formula is C25H38O4. The van der Waals surface area contributed by atoms with Crippen LogP contribution in [0.25, 0.3) is 0 Å². The quantitative estimate of drug-likeness (QED) is 0.574. The summed E-state index contributed by atoms with van der Waals surface area (Å²) < 4.78 is 24.5. The minimum absolute atomic E-state index is 0.300. The van der Waals surface area contributed by atoms with E-state index in [1.807, 2.05) is 0 Å². The van der Waals surface area contributed by atoms with Crippen molar-refractivity contribution in [2.45, 2.75) is 83.7 Å². The van der Waals surface area contributed by atoms with Gasteiger partial charge in [-0.1, -0.05) is 25.5 Å². The maximum atomic E-state index is 6.17. The Morgan fingerprint density at radius 3 is 2.28 bits per heavy atom. The summed E-state index contributed by atoms with van der Waals surface area (Å²) in [5, 5.41) is 0. The molecule has 29 heavy (non-hydrogen) atoms. The average molecular weight is 403 g/mol. The van der Waals surface area contributed by atoms with E-state index in [9.17, 15) is 0 Å². The van der Waals surface area contributed by atoms with Gasteiger partial charge in [0.15, 0.2) is 11.6 Å². The van der Waals surface area contributed by atoms with Gasteiger partial charge >= 0.3 is 0 Å². The summed E-state index contributed by atoms with van der Waals surface area (Å²) >= 11 is 0. The highest BCUT2D eigenvalue weighted by Crippen LogP contribution is 2.68. The SMILES string of the molecule is CC1(C2CC[C@H]3C4CC=C5CC6(CCC5(C)[C@H]4CCC23C)OCCO6)OCCO1. The molecule has 4 unspecified atom stereocenters. The van der Waals surface area contributed by atoms with Crippen LogP contribution in [0, 0.1) is 34.5 Å². The van der Waals surface area contributed by atoms with Crippen LogP contribution in [-0.4, -0.2) is 38.0 Å². The molecule has 162 valence electrons. The largest absolute Gasteiger partial charge is 0.348 e. The molecule has 5 fully saturated rings. The highest BCUT2D eigenvalue weighted by molar-refractivity contribution is 5.27. The Hall–Kier alpha value is -0.420. The highest BCUT2D eigenvalue weighted by atomic mass is 16.7. The van der Waals surface area contributed by atoms with Crippen LogP contribution >= 0.6 is 0 Å². The minimum Gasteiger partial charge on any atom is -0.348 e. The third kappa shape index (κ3) is 2.58. The Bertz CT molecular complexity index is 704. The number of hydrogen-bond donors (Lipinski definition) is 0. The van der Waals surface area contributed by atoms with E-state index in [-0.39, 0.29) is 11.6 Å². The lowest BCUT2D eigenvalue weighted by Gasteiger charge is -2.59. The van der Waals surface area contributed by atoms with Crippen molar-refractivity contribution in [3.63, 3.8) is 0 Å². The summed E-state index contributed by atoms with van der Waals surface area (Å²) in [5.74, 6) is 2.32. The van der Waals surface area contributed by atoms with Gasteiger partial charge in [0, 0.05) is 18.8 Å². The maximum Gasteiger partial charge on any atom is 0.172 e. The van der Waals surface area contributed by atoms with Crippen LogP contribution < -0.4 is 0 Å². The first-order valence-corrected chi connectivity index (χ1v) is 12.1. The van der Waals surface area contributed by atoms with Gasteiger partial charge in [0.1, 0.15) is 0 Å². The van der Waals surface area contributed by atoms with Gasteiger partial charge in [-0.3, -0.25) is 0 Å². The zero-order valence-electron chi connectivity index (χ0n) is 18.5. The number of ether oxygens (including phenoxy) is 4. The first-order chi connectivity index (χ1) is 13.9. The number of fused-ring (bicyclic) bond motifs is 5. The third-order valence-corrected chi connectivity index (χ3v) is 10.4. The molecule has 6 atom stereocenters. The second-order valence-corrected chi connectivity index (χ2v) is 11.4. The van der Waals surface area contributed by atoms with Crippen molar-refractivity contribution in [2.75, 3.05) is 26.4 Å². The fourth-order valence-electron chi connectivity index (χ4n) is 8.94. The molecule has 2 heterocycles. The van der Waals surface area contributed by atoms with Crippen LogP contribution in [0.1, 0.15) is 72.1 Å².